The third-order valence-corrected chi connectivity index (χ3v) is 3.76. The van der Waals surface area contributed by atoms with Crippen LogP contribution in [-0.2, 0) is 0 Å². The molecule has 0 saturated heterocycles. The molecule has 0 aliphatic carbocycles. The molecule has 0 radical (unpaired) electrons. The number of ether oxygens (including phenoxy) is 1. The number of nitrogens with zero attached hydrogens (tertiary/aromatic N) is 1. The first kappa shape index (κ1) is 16.6. The van der Waals surface area contributed by atoms with Crippen molar-refractivity contribution in [3.63, 3.8) is 0 Å². The minimum Gasteiger partial charge on any atom is -0.490 e. The van der Waals surface area contributed by atoms with Gasteiger partial charge in [0.2, 0.25) is 0 Å². The van der Waals surface area contributed by atoms with E-state index in [2.05, 4.69) is 32.6 Å². The Labute approximate surface area is 121 Å². The van der Waals surface area contributed by atoms with Crippen LogP contribution in [-0.4, -0.2) is 19.7 Å². The summed E-state index contributed by atoms with van der Waals surface area (Å²) in [6.07, 6.45) is 0.841. The number of rotatable bonds is 5. The predicted octanol–water partition coefficient (Wildman–Crippen LogP) is 4.07. The maximum atomic E-state index is 13.8. The topological polar surface area (TPSA) is 38.5 Å². The Balaban J connectivity index is 3.11. The van der Waals surface area contributed by atoms with Gasteiger partial charge in [-0.25, -0.2) is 4.39 Å². The molecule has 1 unspecified atom stereocenters. The first-order valence-electron chi connectivity index (χ1n) is 7.13. The monoisotopic (exact) mass is 282 g/mol. The Morgan fingerprint density at radius 3 is 2.45 bits per heavy atom. The molecule has 0 aliphatic heterocycles. The molecule has 0 aliphatic rings. The Hall–Kier alpha value is -1.45. The molecule has 4 heteroatoms. The summed E-state index contributed by atoms with van der Waals surface area (Å²) in [5.74, 6) is -0.138. The molecule has 1 aromatic rings. The fourth-order valence-electron chi connectivity index (χ4n) is 1.98. The third kappa shape index (κ3) is 3.78. The van der Waals surface area contributed by atoms with Gasteiger partial charge < -0.3 is 15.4 Å². The highest BCUT2D eigenvalue weighted by Crippen LogP contribution is 2.34. The van der Waals surface area contributed by atoms with Gasteiger partial charge in [0.1, 0.15) is 0 Å². The average molecular weight is 282 g/mol. The van der Waals surface area contributed by atoms with Crippen LogP contribution in [0.15, 0.2) is 12.1 Å². The number of nitrogen functional groups attached to an aromatic ring is 1. The van der Waals surface area contributed by atoms with E-state index in [0.29, 0.717) is 12.3 Å². The highest BCUT2D eigenvalue weighted by Gasteiger charge is 2.26. The number of benzene rings is 1. The molecule has 0 aromatic heterocycles. The van der Waals surface area contributed by atoms with Crippen molar-refractivity contribution in [1.29, 1.82) is 0 Å². The second-order valence-corrected chi connectivity index (χ2v) is 6.34. The number of hydrogen-bond acceptors (Lipinski definition) is 3. The molecule has 20 heavy (non-hydrogen) atoms. The van der Waals surface area contributed by atoms with E-state index in [1.807, 2.05) is 14.0 Å². The summed E-state index contributed by atoms with van der Waals surface area (Å²) < 4.78 is 19.3. The normalized spacial score (nSPS) is 13.2. The summed E-state index contributed by atoms with van der Waals surface area (Å²) in [7, 11) is 1.98. The quantitative estimate of drug-likeness (QED) is 0.827. The van der Waals surface area contributed by atoms with Gasteiger partial charge in [-0.1, -0.05) is 27.7 Å². The summed E-state index contributed by atoms with van der Waals surface area (Å²) in [5, 5.41) is 0. The van der Waals surface area contributed by atoms with E-state index < -0.39 is 5.82 Å². The minimum atomic E-state index is -0.406. The Morgan fingerprint density at radius 2 is 1.95 bits per heavy atom. The van der Waals surface area contributed by atoms with E-state index in [9.17, 15) is 4.39 Å². The lowest BCUT2D eigenvalue weighted by Gasteiger charge is -2.37. The molecular weight excluding hydrogens is 255 g/mol. The number of halogens is 1. The summed E-state index contributed by atoms with van der Waals surface area (Å²) in [6, 6.07) is 3.30. The predicted molar refractivity (Wildman–Crippen MR) is 83.9 cm³/mol. The van der Waals surface area contributed by atoms with Crippen LogP contribution in [0.2, 0.25) is 0 Å². The zero-order valence-electron chi connectivity index (χ0n) is 13.5. The van der Waals surface area contributed by atoms with Crippen LogP contribution in [0.4, 0.5) is 15.8 Å². The number of hydrogen-bond donors (Lipinski definition) is 1. The minimum absolute atomic E-state index is 0.0972. The SMILES string of the molecule is CCCOc1cc(N(C)C(C)C(C)(C)C)c(N)cc1F. The summed E-state index contributed by atoms with van der Waals surface area (Å²) >= 11 is 0. The van der Waals surface area contributed by atoms with Gasteiger partial charge in [-0.15, -0.1) is 0 Å². The highest BCUT2D eigenvalue weighted by molar-refractivity contribution is 5.70. The van der Waals surface area contributed by atoms with Crippen molar-refractivity contribution in [2.45, 2.75) is 47.1 Å². The molecule has 1 atom stereocenters. The molecular formula is C16H27FN2O. The van der Waals surface area contributed by atoms with Crippen molar-refractivity contribution in [2.75, 3.05) is 24.3 Å². The van der Waals surface area contributed by atoms with Crippen molar-refractivity contribution in [3.8, 4) is 5.75 Å². The fraction of sp³-hybridized carbons (Fsp3) is 0.625. The molecule has 1 rings (SSSR count). The van der Waals surface area contributed by atoms with Crippen molar-refractivity contribution >= 4 is 11.4 Å². The standard InChI is InChI=1S/C16H27FN2O/c1-7-8-20-15-10-14(13(18)9-12(15)17)19(6)11(2)16(3,4)5/h9-11H,7-8,18H2,1-6H3. The van der Waals surface area contributed by atoms with Gasteiger partial charge in [-0.2, -0.15) is 0 Å². The largest absolute Gasteiger partial charge is 0.490 e. The first-order chi connectivity index (χ1) is 9.18. The van der Waals surface area contributed by atoms with Gasteiger partial charge in [0.05, 0.1) is 18.0 Å². The van der Waals surface area contributed by atoms with Crippen molar-refractivity contribution in [1.82, 2.24) is 0 Å². The Morgan fingerprint density at radius 1 is 1.35 bits per heavy atom. The van der Waals surface area contributed by atoms with Crippen LogP contribution in [0.1, 0.15) is 41.0 Å². The van der Waals surface area contributed by atoms with Crippen LogP contribution in [0.25, 0.3) is 0 Å². The van der Waals surface area contributed by atoms with E-state index >= 15 is 0 Å². The van der Waals surface area contributed by atoms with Gasteiger partial charge in [0, 0.05) is 25.2 Å². The van der Waals surface area contributed by atoms with E-state index in [1.165, 1.54) is 6.07 Å². The first-order valence-corrected chi connectivity index (χ1v) is 7.13. The molecule has 0 heterocycles. The third-order valence-electron chi connectivity index (χ3n) is 3.76. The van der Waals surface area contributed by atoms with Gasteiger partial charge in [0.25, 0.3) is 0 Å². The van der Waals surface area contributed by atoms with E-state index in [4.69, 9.17) is 10.5 Å². The summed E-state index contributed by atoms with van der Waals surface area (Å²) in [6.45, 7) is 11.1. The molecule has 0 spiro atoms. The summed E-state index contributed by atoms with van der Waals surface area (Å²) in [4.78, 5) is 2.08. The smallest absolute Gasteiger partial charge is 0.167 e. The number of nitrogens with two attached hydrogens (primary N) is 1. The summed E-state index contributed by atoms with van der Waals surface area (Å²) in [5.41, 5.74) is 7.30. The van der Waals surface area contributed by atoms with Crippen LogP contribution in [0.5, 0.6) is 5.75 Å². The Kier molecular flexibility index (Phi) is 5.26. The van der Waals surface area contributed by atoms with Crippen LogP contribution >= 0.6 is 0 Å². The van der Waals surface area contributed by atoms with Crippen molar-refractivity contribution in [2.24, 2.45) is 5.41 Å². The van der Waals surface area contributed by atoms with E-state index in [0.717, 1.165) is 12.1 Å². The van der Waals surface area contributed by atoms with Gasteiger partial charge in [-0.05, 0) is 18.8 Å². The molecule has 2 N–H and O–H groups in total. The van der Waals surface area contributed by atoms with Crippen LogP contribution < -0.4 is 15.4 Å². The molecule has 1 aromatic carbocycles. The van der Waals surface area contributed by atoms with E-state index in [1.54, 1.807) is 6.07 Å². The lowest BCUT2D eigenvalue weighted by Crippen LogP contribution is -2.39. The van der Waals surface area contributed by atoms with Gasteiger partial charge in [0.15, 0.2) is 11.6 Å². The highest BCUT2D eigenvalue weighted by atomic mass is 19.1. The zero-order valence-corrected chi connectivity index (χ0v) is 13.5. The maximum absolute atomic E-state index is 13.8. The average Bonchev–Trinajstić information content (AvgIpc) is 2.35. The second kappa shape index (κ2) is 6.33. The molecule has 0 amide bonds. The lowest BCUT2D eigenvalue weighted by atomic mass is 9.87. The lowest BCUT2D eigenvalue weighted by molar-refractivity contribution is 0.300. The molecule has 0 saturated carbocycles. The molecule has 114 valence electrons. The van der Waals surface area contributed by atoms with Crippen LogP contribution in [0.3, 0.4) is 0 Å². The maximum Gasteiger partial charge on any atom is 0.167 e. The Bertz CT molecular complexity index is 455. The van der Waals surface area contributed by atoms with E-state index in [-0.39, 0.29) is 17.2 Å². The van der Waals surface area contributed by atoms with Crippen LogP contribution in [0, 0.1) is 11.2 Å². The zero-order chi connectivity index (χ0) is 15.5. The van der Waals surface area contributed by atoms with Gasteiger partial charge in [-0.3, -0.25) is 0 Å². The number of anilines is 2. The molecule has 0 fully saturated rings. The fourth-order valence-corrected chi connectivity index (χ4v) is 1.98. The molecule has 3 nitrogen and oxygen atoms in total. The van der Waals surface area contributed by atoms with Crippen molar-refractivity contribution < 1.29 is 9.13 Å². The second-order valence-electron chi connectivity index (χ2n) is 6.34. The van der Waals surface area contributed by atoms with Gasteiger partial charge >= 0.3 is 0 Å². The van der Waals surface area contributed by atoms with Crippen molar-refractivity contribution in [3.05, 3.63) is 17.9 Å². The molecule has 0 bridgehead atoms.